The van der Waals surface area contributed by atoms with Crippen molar-refractivity contribution in [3.05, 3.63) is 27.5 Å². The minimum Gasteiger partial charge on any atom is -0.507 e. The van der Waals surface area contributed by atoms with E-state index in [0.717, 1.165) is 15.6 Å². The second kappa shape index (κ2) is 3.60. The van der Waals surface area contributed by atoms with E-state index >= 15 is 0 Å². The minimum absolute atomic E-state index is 0.239. The molecule has 4 heteroatoms. The van der Waals surface area contributed by atoms with Gasteiger partial charge in [0, 0.05) is 0 Å². The van der Waals surface area contributed by atoms with E-state index in [2.05, 4.69) is 22.0 Å². The lowest BCUT2D eigenvalue weighted by atomic mass is 10.1. The molecule has 0 aliphatic carbocycles. The Bertz CT molecular complexity index is 527. The first-order chi connectivity index (χ1) is 6.74. The normalized spacial score (nSPS) is 10.3. The van der Waals surface area contributed by atoms with E-state index in [1.165, 1.54) is 11.3 Å². The van der Waals surface area contributed by atoms with E-state index in [-0.39, 0.29) is 5.75 Å². The lowest BCUT2D eigenvalue weighted by Crippen LogP contribution is -1.77. The molecule has 0 unspecified atom stereocenters. The van der Waals surface area contributed by atoms with Crippen molar-refractivity contribution in [3.63, 3.8) is 0 Å². The summed E-state index contributed by atoms with van der Waals surface area (Å²) in [5.41, 5.74) is 1.02. The van der Waals surface area contributed by atoms with Gasteiger partial charge in [0.1, 0.15) is 5.75 Å². The maximum absolute atomic E-state index is 9.45. The van der Waals surface area contributed by atoms with Gasteiger partial charge in [0.15, 0.2) is 0 Å². The lowest BCUT2D eigenvalue weighted by molar-refractivity contribution is 0.473. The molecule has 2 nitrogen and oxygen atoms in total. The highest BCUT2D eigenvalue weighted by Crippen LogP contribution is 2.37. The van der Waals surface area contributed by atoms with E-state index < -0.39 is 0 Å². The molecule has 0 saturated heterocycles. The average Bonchev–Trinajstić information content (AvgIpc) is 2.57. The Morgan fingerprint density at radius 2 is 2.29 bits per heavy atom. The van der Waals surface area contributed by atoms with Gasteiger partial charge in [-0.2, -0.15) is 5.26 Å². The quantitative estimate of drug-likeness (QED) is 0.861. The van der Waals surface area contributed by atoms with Crippen molar-refractivity contribution in [2.24, 2.45) is 0 Å². The molecule has 0 aliphatic rings. The van der Waals surface area contributed by atoms with Gasteiger partial charge >= 0.3 is 0 Å². The summed E-state index contributed by atoms with van der Waals surface area (Å²) in [5.74, 6) is 0.239. The second-order valence-corrected chi connectivity index (χ2v) is 4.54. The summed E-state index contributed by atoms with van der Waals surface area (Å²) in [7, 11) is 0. The molecule has 14 heavy (non-hydrogen) atoms. The van der Waals surface area contributed by atoms with E-state index in [9.17, 15) is 5.11 Å². The number of rotatable bonds is 1. The highest BCUT2D eigenvalue weighted by Gasteiger charge is 2.09. The van der Waals surface area contributed by atoms with Crippen molar-refractivity contribution >= 4 is 37.4 Å². The molecule has 0 spiro atoms. The number of aromatic hydroxyl groups is 1. The standard InChI is InChI=1S/C10H6BrNOS/c11-9-8(13)2-1-7-6(3-4-12)5-14-10(7)9/h1-2,5,13H,3H2. The predicted octanol–water partition coefficient (Wildman–Crippen LogP) is 3.44. The van der Waals surface area contributed by atoms with E-state index in [1.807, 2.05) is 11.4 Å². The van der Waals surface area contributed by atoms with Crippen LogP contribution in [0.15, 0.2) is 22.0 Å². The maximum atomic E-state index is 9.45. The fraction of sp³-hybridized carbons (Fsp3) is 0.100. The van der Waals surface area contributed by atoms with Crippen molar-refractivity contribution in [3.8, 4) is 11.8 Å². The molecule has 0 bridgehead atoms. The number of phenols is 1. The van der Waals surface area contributed by atoms with Gasteiger partial charge in [-0.25, -0.2) is 0 Å². The van der Waals surface area contributed by atoms with Gasteiger partial charge in [-0.3, -0.25) is 0 Å². The largest absolute Gasteiger partial charge is 0.507 e. The Hall–Kier alpha value is -1.05. The molecule has 2 aromatic rings. The van der Waals surface area contributed by atoms with Gasteiger partial charge in [-0.1, -0.05) is 0 Å². The highest BCUT2D eigenvalue weighted by molar-refractivity contribution is 9.10. The molecule has 1 aromatic carbocycles. The Morgan fingerprint density at radius 1 is 1.50 bits per heavy atom. The van der Waals surface area contributed by atoms with Crippen LogP contribution in [0.25, 0.3) is 10.1 Å². The fourth-order valence-corrected chi connectivity index (χ4v) is 2.96. The first kappa shape index (κ1) is 9.50. The number of nitrogens with zero attached hydrogens (tertiary/aromatic N) is 1. The Kier molecular flexibility index (Phi) is 2.44. The number of hydrogen-bond donors (Lipinski definition) is 1. The van der Waals surface area contributed by atoms with E-state index in [4.69, 9.17) is 5.26 Å². The van der Waals surface area contributed by atoms with Crippen LogP contribution in [-0.2, 0) is 6.42 Å². The third-order valence-electron chi connectivity index (χ3n) is 2.01. The molecule has 1 heterocycles. The van der Waals surface area contributed by atoms with Crippen LogP contribution in [0.3, 0.4) is 0 Å². The lowest BCUT2D eigenvalue weighted by Gasteiger charge is -1.98. The summed E-state index contributed by atoms with van der Waals surface area (Å²) in [6.45, 7) is 0. The maximum Gasteiger partial charge on any atom is 0.131 e. The topological polar surface area (TPSA) is 44.0 Å². The zero-order valence-corrected chi connectivity index (χ0v) is 9.52. The number of nitriles is 1. The second-order valence-electron chi connectivity index (χ2n) is 2.87. The molecule has 70 valence electrons. The number of hydrogen-bond acceptors (Lipinski definition) is 3. The molecule has 0 fully saturated rings. The van der Waals surface area contributed by atoms with E-state index in [1.54, 1.807) is 6.07 Å². The van der Waals surface area contributed by atoms with Crippen LogP contribution in [0, 0.1) is 11.3 Å². The van der Waals surface area contributed by atoms with Crippen molar-refractivity contribution < 1.29 is 5.11 Å². The van der Waals surface area contributed by atoms with Gasteiger partial charge in [0.05, 0.1) is 21.7 Å². The first-order valence-corrected chi connectivity index (χ1v) is 5.66. The van der Waals surface area contributed by atoms with Crippen LogP contribution in [0.5, 0.6) is 5.75 Å². The molecule has 0 aliphatic heterocycles. The molecular weight excluding hydrogens is 262 g/mol. The van der Waals surface area contributed by atoms with Crippen LogP contribution in [0.2, 0.25) is 0 Å². The number of thiophene rings is 1. The fourth-order valence-electron chi connectivity index (χ4n) is 1.33. The highest BCUT2D eigenvalue weighted by atomic mass is 79.9. The molecule has 2 rings (SSSR count). The van der Waals surface area contributed by atoms with Crippen LogP contribution < -0.4 is 0 Å². The van der Waals surface area contributed by atoms with Crippen LogP contribution in [0.4, 0.5) is 0 Å². The zero-order valence-electron chi connectivity index (χ0n) is 7.12. The van der Waals surface area contributed by atoms with Gasteiger partial charge in [0.25, 0.3) is 0 Å². The number of phenolic OH excluding ortho intramolecular Hbond substituents is 1. The summed E-state index contributed by atoms with van der Waals surface area (Å²) in [6, 6.07) is 5.61. The van der Waals surface area contributed by atoms with Crippen molar-refractivity contribution in [1.29, 1.82) is 5.26 Å². The van der Waals surface area contributed by atoms with E-state index in [0.29, 0.717) is 10.9 Å². The van der Waals surface area contributed by atoms with Crippen molar-refractivity contribution in [1.82, 2.24) is 0 Å². The Labute approximate surface area is 93.5 Å². The monoisotopic (exact) mass is 267 g/mol. The number of halogens is 1. The van der Waals surface area contributed by atoms with Gasteiger partial charge in [0.2, 0.25) is 0 Å². The van der Waals surface area contributed by atoms with Crippen LogP contribution in [-0.4, -0.2) is 5.11 Å². The van der Waals surface area contributed by atoms with Crippen LogP contribution in [0.1, 0.15) is 5.56 Å². The van der Waals surface area contributed by atoms with Crippen LogP contribution >= 0.6 is 27.3 Å². The summed E-state index contributed by atoms with van der Waals surface area (Å²) >= 11 is 4.86. The Balaban J connectivity index is 2.72. The minimum atomic E-state index is 0.239. The molecule has 0 saturated carbocycles. The molecule has 0 atom stereocenters. The third kappa shape index (κ3) is 1.39. The molecular formula is C10H6BrNOS. The Morgan fingerprint density at radius 3 is 3.00 bits per heavy atom. The van der Waals surface area contributed by atoms with Gasteiger partial charge in [-0.15, -0.1) is 11.3 Å². The van der Waals surface area contributed by atoms with Gasteiger partial charge < -0.3 is 5.11 Å². The molecule has 1 aromatic heterocycles. The number of benzene rings is 1. The molecule has 0 amide bonds. The predicted molar refractivity (Wildman–Crippen MR) is 60.5 cm³/mol. The third-order valence-corrected chi connectivity index (χ3v) is 4.14. The summed E-state index contributed by atoms with van der Waals surface area (Å²) in [6.07, 6.45) is 0.414. The molecule has 1 N–H and O–H groups in total. The summed E-state index contributed by atoms with van der Waals surface area (Å²) < 4.78 is 1.71. The summed E-state index contributed by atoms with van der Waals surface area (Å²) in [4.78, 5) is 0. The summed E-state index contributed by atoms with van der Waals surface area (Å²) in [5, 5.41) is 21.1. The van der Waals surface area contributed by atoms with Gasteiger partial charge in [-0.05, 0) is 44.4 Å². The average molecular weight is 268 g/mol. The SMILES string of the molecule is N#CCc1csc2c(Br)c(O)ccc12. The molecule has 0 radical (unpaired) electrons. The van der Waals surface area contributed by atoms with Crippen molar-refractivity contribution in [2.45, 2.75) is 6.42 Å². The zero-order chi connectivity index (χ0) is 10.1. The number of fused-ring (bicyclic) bond motifs is 1. The smallest absolute Gasteiger partial charge is 0.131 e. The van der Waals surface area contributed by atoms with Crippen molar-refractivity contribution in [2.75, 3.05) is 0 Å². The first-order valence-electron chi connectivity index (χ1n) is 3.98.